The fourth-order valence-electron chi connectivity index (χ4n) is 2.33. The van der Waals surface area contributed by atoms with Crippen LogP contribution in [0.4, 0.5) is 0 Å². The van der Waals surface area contributed by atoms with Gasteiger partial charge in [-0.3, -0.25) is 0 Å². The smallest absolute Gasteiger partial charge is 0.161 e. The van der Waals surface area contributed by atoms with Crippen molar-refractivity contribution in [2.75, 3.05) is 33.4 Å². The van der Waals surface area contributed by atoms with Crippen LogP contribution in [0.25, 0.3) is 0 Å². The fraction of sp³-hybridized carbons (Fsp3) is 0.600. The van der Waals surface area contributed by atoms with E-state index in [2.05, 4.69) is 31.9 Å². The Morgan fingerprint density at radius 1 is 1.21 bits per heavy atom. The molecule has 0 atom stereocenters. The van der Waals surface area contributed by atoms with E-state index in [-0.39, 0.29) is 12.0 Å². The Labute approximate surface area is 114 Å². The second-order valence-electron chi connectivity index (χ2n) is 5.97. The number of fused-ring (bicyclic) bond motifs is 1. The second-order valence-corrected chi connectivity index (χ2v) is 5.97. The molecule has 0 unspecified atom stereocenters. The number of nitrogens with zero attached hydrogens (tertiary/aromatic N) is 1. The van der Waals surface area contributed by atoms with Crippen molar-refractivity contribution < 1.29 is 14.6 Å². The highest BCUT2D eigenvalue weighted by Gasteiger charge is 2.19. The number of hydrogen-bond donors (Lipinski definition) is 1. The SMILES string of the molecule is CN(Cc1ccc2c(c1)OCCO2)CC(C)(C)CO. The van der Waals surface area contributed by atoms with Gasteiger partial charge in [0.05, 0.1) is 0 Å². The topological polar surface area (TPSA) is 41.9 Å². The van der Waals surface area contributed by atoms with Crippen LogP contribution < -0.4 is 9.47 Å². The molecule has 2 rings (SSSR count). The van der Waals surface area contributed by atoms with Crippen molar-refractivity contribution in [1.29, 1.82) is 0 Å². The lowest BCUT2D eigenvalue weighted by Crippen LogP contribution is -2.33. The van der Waals surface area contributed by atoms with Gasteiger partial charge in [0.25, 0.3) is 0 Å². The molecule has 106 valence electrons. The molecule has 0 saturated carbocycles. The number of aliphatic hydroxyl groups is 1. The van der Waals surface area contributed by atoms with Crippen LogP contribution in [0.1, 0.15) is 19.4 Å². The maximum Gasteiger partial charge on any atom is 0.161 e. The summed E-state index contributed by atoms with van der Waals surface area (Å²) in [6.45, 7) is 7.23. The van der Waals surface area contributed by atoms with Crippen molar-refractivity contribution >= 4 is 0 Å². The van der Waals surface area contributed by atoms with Crippen LogP contribution >= 0.6 is 0 Å². The Kier molecular flexibility index (Phi) is 4.32. The van der Waals surface area contributed by atoms with Gasteiger partial charge < -0.3 is 19.5 Å². The summed E-state index contributed by atoms with van der Waals surface area (Å²) in [4.78, 5) is 2.21. The standard InChI is InChI=1S/C15H23NO3/c1-15(2,11-17)10-16(3)9-12-4-5-13-14(8-12)19-7-6-18-13/h4-5,8,17H,6-7,9-11H2,1-3H3. The molecule has 1 N–H and O–H groups in total. The first kappa shape index (κ1) is 14.2. The summed E-state index contributed by atoms with van der Waals surface area (Å²) < 4.78 is 11.1. The molecule has 1 heterocycles. The number of hydrogen-bond acceptors (Lipinski definition) is 4. The summed E-state index contributed by atoms with van der Waals surface area (Å²) in [7, 11) is 2.06. The van der Waals surface area contributed by atoms with Crippen molar-refractivity contribution in [1.82, 2.24) is 4.90 Å². The molecule has 1 aliphatic rings. The minimum atomic E-state index is -0.0808. The number of rotatable bonds is 5. The van der Waals surface area contributed by atoms with Crippen molar-refractivity contribution in [2.24, 2.45) is 5.41 Å². The zero-order valence-corrected chi connectivity index (χ0v) is 12.0. The van der Waals surface area contributed by atoms with Crippen molar-refractivity contribution in [3.63, 3.8) is 0 Å². The Hall–Kier alpha value is -1.26. The van der Waals surface area contributed by atoms with Crippen molar-refractivity contribution in [2.45, 2.75) is 20.4 Å². The zero-order valence-electron chi connectivity index (χ0n) is 12.0. The molecule has 0 aromatic heterocycles. The van der Waals surface area contributed by atoms with Gasteiger partial charge in [-0.2, -0.15) is 0 Å². The van der Waals surface area contributed by atoms with Gasteiger partial charge in [-0.05, 0) is 24.7 Å². The molecule has 4 heteroatoms. The molecule has 0 amide bonds. The summed E-state index contributed by atoms with van der Waals surface area (Å²) in [5.41, 5.74) is 1.11. The minimum absolute atomic E-state index is 0.0808. The van der Waals surface area contributed by atoms with Crippen LogP contribution in [-0.4, -0.2) is 43.4 Å². The maximum atomic E-state index is 9.30. The van der Waals surface area contributed by atoms with Gasteiger partial charge in [-0.1, -0.05) is 19.9 Å². The quantitative estimate of drug-likeness (QED) is 0.883. The molecule has 0 saturated heterocycles. The Balaban J connectivity index is 1.99. The van der Waals surface area contributed by atoms with Gasteiger partial charge in [-0.15, -0.1) is 0 Å². The van der Waals surface area contributed by atoms with E-state index in [0.29, 0.717) is 13.2 Å². The summed E-state index contributed by atoms with van der Waals surface area (Å²) in [6.07, 6.45) is 0. The van der Waals surface area contributed by atoms with Crippen LogP contribution in [0.5, 0.6) is 11.5 Å². The third kappa shape index (κ3) is 3.85. The molecule has 0 fully saturated rings. The average molecular weight is 265 g/mol. The molecule has 1 aliphatic heterocycles. The van der Waals surface area contributed by atoms with E-state index in [4.69, 9.17) is 9.47 Å². The number of aliphatic hydroxyl groups excluding tert-OH is 1. The van der Waals surface area contributed by atoms with Gasteiger partial charge in [0.2, 0.25) is 0 Å². The normalized spacial score (nSPS) is 14.8. The van der Waals surface area contributed by atoms with E-state index in [1.807, 2.05) is 12.1 Å². The molecule has 1 aromatic carbocycles. The number of benzene rings is 1. The molecule has 0 radical (unpaired) electrons. The van der Waals surface area contributed by atoms with E-state index < -0.39 is 0 Å². The summed E-state index contributed by atoms with van der Waals surface area (Å²) in [5, 5.41) is 9.30. The molecular weight excluding hydrogens is 242 g/mol. The van der Waals surface area contributed by atoms with Crippen LogP contribution in [-0.2, 0) is 6.54 Å². The first-order chi connectivity index (χ1) is 9.00. The lowest BCUT2D eigenvalue weighted by molar-refractivity contribution is 0.112. The van der Waals surface area contributed by atoms with Crippen LogP contribution in [0.15, 0.2) is 18.2 Å². The van der Waals surface area contributed by atoms with E-state index in [0.717, 1.165) is 24.6 Å². The maximum absolute atomic E-state index is 9.30. The van der Waals surface area contributed by atoms with Crippen LogP contribution in [0.2, 0.25) is 0 Å². The van der Waals surface area contributed by atoms with E-state index >= 15 is 0 Å². The first-order valence-electron chi connectivity index (χ1n) is 6.68. The predicted octanol–water partition coefficient (Wildman–Crippen LogP) is 1.91. The van der Waals surface area contributed by atoms with Crippen LogP contribution in [0.3, 0.4) is 0 Å². The molecule has 19 heavy (non-hydrogen) atoms. The van der Waals surface area contributed by atoms with E-state index in [9.17, 15) is 5.11 Å². The van der Waals surface area contributed by atoms with E-state index in [1.54, 1.807) is 0 Å². The molecular formula is C15H23NO3. The third-order valence-electron chi connectivity index (χ3n) is 3.19. The molecule has 1 aromatic rings. The Morgan fingerprint density at radius 2 is 1.89 bits per heavy atom. The highest BCUT2D eigenvalue weighted by molar-refractivity contribution is 5.43. The highest BCUT2D eigenvalue weighted by Crippen LogP contribution is 2.31. The highest BCUT2D eigenvalue weighted by atomic mass is 16.6. The second kappa shape index (κ2) is 5.80. The van der Waals surface area contributed by atoms with Gasteiger partial charge in [0.15, 0.2) is 11.5 Å². The van der Waals surface area contributed by atoms with Gasteiger partial charge in [0, 0.05) is 25.1 Å². The molecule has 0 spiro atoms. The Bertz CT molecular complexity index is 431. The molecule has 0 bridgehead atoms. The fourth-order valence-corrected chi connectivity index (χ4v) is 2.33. The molecule has 4 nitrogen and oxygen atoms in total. The predicted molar refractivity (Wildman–Crippen MR) is 74.6 cm³/mol. The lowest BCUT2D eigenvalue weighted by atomic mass is 9.94. The lowest BCUT2D eigenvalue weighted by Gasteiger charge is -2.28. The largest absolute Gasteiger partial charge is 0.486 e. The Morgan fingerprint density at radius 3 is 2.58 bits per heavy atom. The monoisotopic (exact) mass is 265 g/mol. The number of ether oxygens (including phenoxy) is 2. The van der Waals surface area contributed by atoms with Gasteiger partial charge >= 0.3 is 0 Å². The summed E-state index contributed by atoms with van der Waals surface area (Å²) in [5.74, 6) is 1.66. The van der Waals surface area contributed by atoms with Crippen molar-refractivity contribution in [3.05, 3.63) is 23.8 Å². The van der Waals surface area contributed by atoms with E-state index in [1.165, 1.54) is 5.56 Å². The summed E-state index contributed by atoms with van der Waals surface area (Å²) in [6, 6.07) is 6.07. The van der Waals surface area contributed by atoms with Gasteiger partial charge in [0.1, 0.15) is 13.2 Å². The first-order valence-corrected chi connectivity index (χ1v) is 6.68. The molecule has 0 aliphatic carbocycles. The zero-order chi connectivity index (χ0) is 13.9. The third-order valence-corrected chi connectivity index (χ3v) is 3.19. The van der Waals surface area contributed by atoms with Gasteiger partial charge in [-0.25, -0.2) is 0 Å². The average Bonchev–Trinajstić information content (AvgIpc) is 2.38. The minimum Gasteiger partial charge on any atom is -0.486 e. The van der Waals surface area contributed by atoms with Crippen LogP contribution in [0, 0.1) is 5.41 Å². The van der Waals surface area contributed by atoms with Crippen molar-refractivity contribution in [3.8, 4) is 11.5 Å². The summed E-state index contributed by atoms with van der Waals surface area (Å²) >= 11 is 0.